The van der Waals surface area contributed by atoms with Gasteiger partial charge in [-0.05, 0) is 18.6 Å². The molecule has 5 nitrogen and oxygen atoms in total. The van der Waals surface area contributed by atoms with Gasteiger partial charge in [-0.2, -0.15) is 0 Å². The molecule has 0 fully saturated rings. The van der Waals surface area contributed by atoms with Gasteiger partial charge in [-0.1, -0.05) is 60.2 Å². The Morgan fingerprint density at radius 1 is 1.11 bits per heavy atom. The van der Waals surface area contributed by atoms with Crippen molar-refractivity contribution >= 4 is 34.4 Å². The second-order valence-electron chi connectivity index (χ2n) is 6.14. The zero-order valence-electron chi connectivity index (χ0n) is 15.6. The number of aromatic nitrogens is 1. The van der Waals surface area contributed by atoms with E-state index in [0.717, 1.165) is 21.6 Å². The second kappa shape index (κ2) is 9.10. The van der Waals surface area contributed by atoms with Gasteiger partial charge in [-0.25, -0.2) is 4.98 Å². The largest absolute Gasteiger partial charge is 0.469 e. The molecule has 28 heavy (non-hydrogen) atoms. The number of hydrogen-bond donors (Lipinski definition) is 1. The Hall–Kier alpha value is -3.25. The summed E-state index contributed by atoms with van der Waals surface area (Å²) < 4.78 is 4.77. The molecule has 142 valence electrons. The normalized spacial score (nSPS) is 10.8. The van der Waals surface area contributed by atoms with Crippen LogP contribution in [0.15, 0.2) is 60.7 Å². The van der Waals surface area contributed by atoms with Gasteiger partial charge in [0.25, 0.3) is 0 Å². The van der Waals surface area contributed by atoms with Crippen LogP contribution in [0.1, 0.15) is 16.0 Å². The fourth-order valence-electron chi connectivity index (χ4n) is 2.55. The standard InChI is InChI=1S/C22H20N2O3S/c1-15-8-10-16(11-9-15)12-13-19(25)23-22-24-21(17-6-4-3-5-7-17)18(28-22)14-20(26)27-2/h3-13H,14H2,1-2H3,(H,23,24,25)/b13-12+. The van der Waals surface area contributed by atoms with E-state index in [0.29, 0.717) is 10.8 Å². The third kappa shape index (κ3) is 5.14. The number of nitrogens with one attached hydrogen (secondary N) is 1. The fourth-order valence-corrected chi connectivity index (χ4v) is 3.52. The number of esters is 1. The van der Waals surface area contributed by atoms with E-state index in [1.54, 1.807) is 6.08 Å². The zero-order valence-corrected chi connectivity index (χ0v) is 16.5. The number of ether oxygens (including phenoxy) is 1. The summed E-state index contributed by atoms with van der Waals surface area (Å²) in [6, 6.07) is 17.4. The van der Waals surface area contributed by atoms with Crippen molar-refractivity contribution in [2.24, 2.45) is 0 Å². The molecule has 6 heteroatoms. The molecular formula is C22H20N2O3S. The molecule has 0 atom stereocenters. The molecule has 2 aromatic carbocycles. The lowest BCUT2D eigenvalue weighted by atomic mass is 10.1. The SMILES string of the molecule is COC(=O)Cc1sc(NC(=O)/C=C/c2ccc(C)cc2)nc1-c1ccccc1. The van der Waals surface area contributed by atoms with Crippen molar-refractivity contribution in [1.82, 2.24) is 4.98 Å². The summed E-state index contributed by atoms with van der Waals surface area (Å²) in [6.07, 6.45) is 3.32. The Morgan fingerprint density at radius 2 is 1.82 bits per heavy atom. The van der Waals surface area contributed by atoms with Crippen LogP contribution in [0.25, 0.3) is 17.3 Å². The third-order valence-electron chi connectivity index (χ3n) is 4.01. The number of benzene rings is 2. The van der Waals surface area contributed by atoms with E-state index in [4.69, 9.17) is 4.74 Å². The van der Waals surface area contributed by atoms with Gasteiger partial charge < -0.3 is 4.74 Å². The molecule has 0 radical (unpaired) electrons. The molecule has 3 rings (SSSR count). The van der Waals surface area contributed by atoms with E-state index in [2.05, 4.69) is 10.3 Å². The lowest BCUT2D eigenvalue weighted by molar-refractivity contribution is -0.139. The number of carbonyl (C=O) groups is 2. The molecule has 1 heterocycles. The van der Waals surface area contributed by atoms with E-state index >= 15 is 0 Å². The minimum atomic E-state index is -0.349. The number of amides is 1. The molecule has 0 bridgehead atoms. The Balaban J connectivity index is 1.78. The molecule has 3 aromatic rings. The maximum Gasteiger partial charge on any atom is 0.310 e. The Labute approximate surface area is 167 Å². The summed E-state index contributed by atoms with van der Waals surface area (Å²) in [6.45, 7) is 2.01. The quantitative estimate of drug-likeness (QED) is 0.496. The van der Waals surface area contributed by atoms with Crippen molar-refractivity contribution < 1.29 is 14.3 Å². The van der Waals surface area contributed by atoms with E-state index < -0.39 is 0 Å². The van der Waals surface area contributed by atoms with Gasteiger partial charge in [-0.3, -0.25) is 14.9 Å². The van der Waals surface area contributed by atoms with Crippen molar-refractivity contribution in [3.05, 3.63) is 76.7 Å². The van der Waals surface area contributed by atoms with E-state index in [1.165, 1.54) is 24.5 Å². The number of nitrogens with zero attached hydrogens (tertiary/aromatic N) is 1. The van der Waals surface area contributed by atoms with Crippen LogP contribution in [0, 0.1) is 6.92 Å². The molecule has 1 amide bonds. The first-order valence-electron chi connectivity index (χ1n) is 8.73. The first kappa shape index (κ1) is 19.5. The van der Waals surface area contributed by atoms with Gasteiger partial charge in [-0.15, -0.1) is 11.3 Å². The Bertz CT molecular complexity index is 992. The van der Waals surface area contributed by atoms with Gasteiger partial charge in [0.2, 0.25) is 5.91 Å². The van der Waals surface area contributed by atoms with Gasteiger partial charge in [0.05, 0.1) is 19.2 Å². The summed E-state index contributed by atoms with van der Waals surface area (Å²) in [5.41, 5.74) is 3.66. The predicted molar refractivity (Wildman–Crippen MR) is 112 cm³/mol. The summed E-state index contributed by atoms with van der Waals surface area (Å²) in [4.78, 5) is 29.3. The number of anilines is 1. The minimum absolute atomic E-state index is 0.105. The molecular weight excluding hydrogens is 372 g/mol. The molecule has 0 aliphatic rings. The summed E-state index contributed by atoms with van der Waals surface area (Å²) in [5.74, 6) is -0.628. The van der Waals surface area contributed by atoms with Crippen LogP contribution in [0.4, 0.5) is 5.13 Å². The number of hydrogen-bond acceptors (Lipinski definition) is 5. The van der Waals surface area contributed by atoms with Crippen molar-refractivity contribution in [1.29, 1.82) is 0 Å². The number of rotatable bonds is 6. The number of thiazole rings is 1. The van der Waals surface area contributed by atoms with Crippen LogP contribution >= 0.6 is 11.3 Å². The predicted octanol–water partition coefficient (Wildman–Crippen LogP) is 4.49. The monoisotopic (exact) mass is 392 g/mol. The number of aryl methyl sites for hydroxylation is 1. The molecule has 0 aliphatic heterocycles. The Morgan fingerprint density at radius 3 is 2.50 bits per heavy atom. The van der Waals surface area contributed by atoms with Crippen LogP contribution in [-0.4, -0.2) is 24.0 Å². The molecule has 1 aromatic heterocycles. The van der Waals surface area contributed by atoms with Crippen molar-refractivity contribution in [3.8, 4) is 11.3 Å². The number of methoxy groups -OCH3 is 1. The fraction of sp³-hybridized carbons (Fsp3) is 0.136. The highest BCUT2D eigenvalue weighted by atomic mass is 32.1. The van der Waals surface area contributed by atoms with Crippen LogP contribution in [0.3, 0.4) is 0 Å². The number of carbonyl (C=O) groups excluding carboxylic acids is 2. The average Bonchev–Trinajstić information content (AvgIpc) is 3.10. The summed E-state index contributed by atoms with van der Waals surface area (Å²) in [5, 5.41) is 3.22. The highest BCUT2D eigenvalue weighted by Gasteiger charge is 2.17. The van der Waals surface area contributed by atoms with Gasteiger partial charge in [0.1, 0.15) is 0 Å². The highest BCUT2D eigenvalue weighted by molar-refractivity contribution is 7.16. The van der Waals surface area contributed by atoms with Gasteiger partial charge >= 0.3 is 5.97 Å². The summed E-state index contributed by atoms with van der Waals surface area (Å²) >= 11 is 1.27. The van der Waals surface area contributed by atoms with Crippen LogP contribution in [0.2, 0.25) is 0 Å². The maximum atomic E-state index is 12.3. The van der Waals surface area contributed by atoms with Crippen molar-refractivity contribution in [2.75, 3.05) is 12.4 Å². The second-order valence-corrected chi connectivity index (χ2v) is 7.23. The molecule has 0 aliphatic carbocycles. The average molecular weight is 392 g/mol. The molecule has 0 unspecified atom stereocenters. The molecule has 0 saturated heterocycles. The summed E-state index contributed by atoms with van der Waals surface area (Å²) in [7, 11) is 1.35. The first-order valence-corrected chi connectivity index (χ1v) is 9.54. The van der Waals surface area contributed by atoms with Gasteiger partial charge in [0, 0.05) is 16.5 Å². The smallest absolute Gasteiger partial charge is 0.310 e. The van der Waals surface area contributed by atoms with E-state index in [1.807, 2.05) is 61.5 Å². The highest BCUT2D eigenvalue weighted by Crippen LogP contribution is 2.31. The lowest BCUT2D eigenvalue weighted by Crippen LogP contribution is -2.07. The van der Waals surface area contributed by atoms with Gasteiger partial charge in [0.15, 0.2) is 5.13 Å². The molecule has 0 saturated carbocycles. The maximum absolute atomic E-state index is 12.3. The zero-order chi connectivity index (χ0) is 19.9. The lowest BCUT2D eigenvalue weighted by Gasteiger charge is -2.01. The van der Waals surface area contributed by atoms with Crippen LogP contribution in [-0.2, 0) is 20.7 Å². The minimum Gasteiger partial charge on any atom is -0.469 e. The topological polar surface area (TPSA) is 68.3 Å². The first-order chi connectivity index (χ1) is 13.5. The van der Waals surface area contributed by atoms with Crippen molar-refractivity contribution in [2.45, 2.75) is 13.3 Å². The third-order valence-corrected chi connectivity index (χ3v) is 4.98. The Kier molecular flexibility index (Phi) is 6.34. The van der Waals surface area contributed by atoms with E-state index in [-0.39, 0.29) is 18.3 Å². The van der Waals surface area contributed by atoms with Crippen LogP contribution in [0.5, 0.6) is 0 Å². The molecule has 0 spiro atoms. The van der Waals surface area contributed by atoms with E-state index in [9.17, 15) is 9.59 Å². The van der Waals surface area contributed by atoms with Crippen molar-refractivity contribution in [3.63, 3.8) is 0 Å². The molecule has 1 N–H and O–H groups in total. The van der Waals surface area contributed by atoms with Crippen LogP contribution < -0.4 is 5.32 Å².